The van der Waals surface area contributed by atoms with Crippen molar-refractivity contribution in [3.8, 4) is 0 Å². The molecule has 1 unspecified atom stereocenters. The normalized spacial score (nSPS) is 30.1. The molecular formula is C11H19NO2S. The molecule has 86 valence electrons. The summed E-state index contributed by atoms with van der Waals surface area (Å²) in [5.74, 6) is 0.128. The van der Waals surface area contributed by atoms with Crippen LogP contribution in [-0.4, -0.2) is 46.1 Å². The van der Waals surface area contributed by atoms with Gasteiger partial charge in [-0.15, -0.1) is 0 Å². The van der Waals surface area contributed by atoms with Crippen LogP contribution in [0.1, 0.15) is 32.1 Å². The highest BCUT2D eigenvalue weighted by Crippen LogP contribution is 2.41. The summed E-state index contributed by atoms with van der Waals surface area (Å²) in [6.45, 7) is 1.38. The summed E-state index contributed by atoms with van der Waals surface area (Å²) in [6.07, 6.45) is 7.03. The molecule has 1 atom stereocenters. The predicted molar refractivity (Wildman–Crippen MR) is 61.9 cm³/mol. The number of aliphatic hydroxyl groups excluding tert-OH is 1. The Morgan fingerprint density at radius 3 is 2.67 bits per heavy atom. The average Bonchev–Trinajstić information content (AvgIpc) is 2.76. The largest absolute Gasteiger partial charge is 0.391 e. The number of nitrogens with zero attached hydrogens (tertiary/aromatic N) is 1. The highest BCUT2D eigenvalue weighted by Gasteiger charge is 2.38. The number of carbonyl (C=O) groups is 1. The van der Waals surface area contributed by atoms with Crippen LogP contribution in [0.5, 0.6) is 0 Å². The summed E-state index contributed by atoms with van der Waals surface area (Å²) < 4.78 is 0.278. The second-order valence-electron chi connectivity index (χ2n) is 4.73. The van der Waals surface area contributed by atoms with Gasteiger partial charge in [0, 0.05) is 17.8 Å². The van der Waals surface area contributed by atoms with Crippen LogP contribution < -0.4 is 0 Å². The van der Waals surface area contributed by atoms with Crippen molar-refractivity contribution in [1.29, 1.82) is 0 Å². The van der Waals surface area contributed by atoms with Crippen LogP contribution in [0.25, 0.3) is 0 Å². The fourth-order valence-corrected chi connectivity index (χ4v) is 3.68. The van der Waals surface area contributed by atoms with E-state index in [0.29, 0.717) is 13.0 Å². The van der Waals surface area contributed by atoms with E-state index in [-0.39, 0.29) is 10.7 Å². The van der Waals surface area contributed by atoms with Gasteiger partial charge in [0.05, 0.1) is 12.5 Å². The summed E-state index contributed by atoms with van der Waals surface area (Å²) in [5.41, 5.74) is 0. The lowest BCUT2D eigenvalue weighted by Crippen LogP contribution is -2.39. The first-order valence-electron chi connectivity index (χ1n) is 5.66. The Hall–Kier alpha value is -0.220. The van der Waals surface area contributed by atoms with E-state index in [1.54, 1.807) is 0 Å². The van der Waals surface area contributed by atoms with Gasteiger partial charge < -0.3 is 10.0 Å². The molecule has 4 heteroatoms. The first-order valence-corrected chi connectivity index (χ1v) is 6.89. The van der Waals surface area contributed by atoms with Crippen molar-refractivity contribution >= 4 is 17.7 Å². The van der Waals surface area contributed by atoms with Gasteiger partial charge in [-0.25, -0.2) is 0 Å². The fraction of sp³-hybridized carbons (Fsp3) is 0.909. The number of likely N-dealkylation sites (tertiary alicyclic amines) is 1. The predicted octanol–water partition coefficient (Wildman–Crippen LogP) is 1.26. The Kier molecular flexibility index (Phi) is 3.26. The van der Waals surface area contributed by atoms with Crippen molar-refractivity contribution in [2.24, 2.45) is 0 Å². The zero-order valence-electron chi connectivity index (χ0n) is 9.24. The molecule has 0 bridgehead atoms. The van der Waals surface area contributed by atoms with Gasteiger partial charge in [-0.1, -0.05) is 12.8 Å². The van der Waals surface area contributed by atoms with Crippen molar-refractivity contribution in [3.63, 3.8) is 0 Å². The van der Waals surface area contributed by atoms with Gasteiger partial charge in [0.1, 0.15) is 0 Å². The van der Waals surface area contributed by atoms with E-state index in [4.69, 9.17) is 0 Å². The number of thioether (sulfide) groups is 1. The Balaban J connectivity index is 1.98. The third-order valence-electron chi connectivity index (χ3n) is 3.62. The van der Waals surface area contributed by atoms with Gasteiger partial charge in [0.2, 0.25) is 5.91 Å². The van der Waals surface area contributed by atoms with E-state index in [1.807, 2.05) is 16.7 Å². The molecule has 1 aliphatic heterocycles. The summed E-state index contributed by atoms with van der Waals surface area (Å²) >= 11 is 1.89. The molecule has 3 nitrogen and oxygen atoms in total. The van der Waals surface area contributed by atoms with Gasteiger partial charge in [0.15, 0.2) is 0 Å². The Labute approximate surface area is 95.2 Å². The lowest BCUT2D eigenvalue weighted by molar-refractivity contribution is -0.128. The first-order chi connectivity index (χ1) is 7.15. The lowest BCUT2D eigenvalue weighted by Gasteiger charge is -2.31. The third-order valence-corrected chi connectivity index (χ3v) is 5.02. The van der Waals surface area contributed by atoms with Gasteiger partial charge in [0.25, 0.3) is 0 Å². The molecule has 1 heterocycles. The second kappa shape index (κ2) is 4.34. The van der Waals surface area contributed by atoms with Crippen LogP contribution in [0, 0.1) is 0 Å². The highest BCUT2D eigenvalue weighted by atomic mass is 32.2. The molecule has 2 aliphatic rings. The molecule has 1 N–H and O–H groups in total. The molecule has 0 radical (unpaired) electrons. The third kappa shape index (κ3) is 2.31. The quantitative estimate of drug-likeness (QED) is 0.792. The second-order valence-corrected chi connectivity index (χ2v) is 6.00. The Morgan fingerprint density at radius 2 is 2.20 bits per heavy atom. The molecule has 15 heavy (non-hydrogen) atoms. The average molecular weight is 229 g/mol. The molecule has 0 aromatic rings. The van der Waals surface area contributed by atoms with E-state index in [2.05, 4.69) is 6.26 Å². The van der Waals surface area contributed by atoms with E-state index >= 15 is 0 Å². The Bertz CT molecular complexity index is 251. The van der Waals surface area contributed by atoms with Crippen molar-refractivity contribution in [2.45, 2.75) is 43.0 Å². The molecule has 0 aromatic carbocycles. The molecule has 1 saturated heterocycles. The topological polar surface area (TPSA) is 40.5 Å². The fourth-order valence-electron chi connectivity index (χ4n) is 2.70. The minimum Gasteiger partial charge on any atom is -0.391 e. The highest BCUT2D eigenvalue weighted by molar-refractivity contribution is 8.00. The van der Waals surface area contributed by atoms with Crippen LogP contribution in [0.2, 0.25) is 0 Å². The standard InChI is InChI=1S/C11H19NO2S/c1-15-11(4-2-3-5-11)8-12-7-9(13)6-10(12)14/h9,13H,2-8H2,1H3. The van der Waals surface area contributed by atoms with Gasteiger partial charge in [-0.05, 0) is 19.1 Å². The summed E-state index contributed by atoms with van der Waals surface area (Å²) in [7, 11) is 0. The van der Waals surface area contributed by atoms with Gasteiger partial charge in [-0.3, -0.25) is 4.79 Å². The van der Waals surface area contributed by atoms with Crippen LogP contribution in [0.15, 0.2) is 0 Å². The summed E-state index contributed by atoms with van der Waals surface area (Å²) in [6, 6.07) is 0. The SMILES string of the molecule is CSC1(CN2CC(O)CC2=O)CCCC1. The molecular weight excluding hydrogens is 210 g/mol. The van der Waals surface area contributed by atoms with Gasteiger partial charge >= 0.3 is 0 Å². The van der Waals surface area contributed by atoms with Crippen LogP contribution in [0.3, 0.4) is 0 Å². The van der Waals surface area contributed by atoms with Gasteiger partial charge in [-0.2, -0.15) is 11.8 Å². The summed E-state index contributed by atoms with van der Waals surface area (Å²) in [5, 5.41) is 9.43. The van der Waals surface area contributed by atoms with E-state index in [1.165, 1.54) is 25.7 Å². The summed E-state index contributed by atoms with van der Waals surface area (Å²) in [4.78, 5) is 13.4. The number of hydrogen-bond acceptors (Lipinski definition) is 3. The van der Waals surface area contributed by atoms with Crippen LogP contribution in [0.4, 0.5) is 0 Å². The monoisotopic (exact) mass is 229 g/mol. The van der Waals surface area contributed by atoms with Crippen molar-refractivity contribution < 1.29 is 9.90 Å². The van der Waals surface area contributed by atoms with Crippen molar-refractivity contribution in [1.82, 2.24) is 4.90 Å². The van der Waals surface area contributed by atoms with E-state index in [0.717, 1.165) is 6.54 Å². The lowest BCUT2D eigenvalue weighted by atomic mass is 10.1. The van der Waals surface area contributed by atoms with Crippen molar-refractivity contribution in [3.05, 3.63) is 0 Å². The molecule has 2 fully saturated rings. The molecule has 0 spiro atoms. The number of hydrogen-bond donors (Lipinski definition) is 1. The molecule has 1 amide bonds. The maximum atomic E-state index is 11.6. The molecule has 1 aliphatic carbocycles. The smallest absolute Gasteiger partial charge is 0.225 e. The molecule has 1 saturated carbocycles. The maximum absolute atomic E-state index is 11.6. The first kappa shape index (κ1) is 11.3. The molecule has 0 aromatic heterocycles. The van der Waals surface area contributed by atoms with Crippen molar-refractivity contribution in [2.75, 3.05) is 19.3 Å². The zero-order chi connectivity index (χ0) is 10.9. The number of β-amino-alcohol motifs (C(OH)–C–C–N with tert-alkyl or cyclic N) is 1. The minimum atomic E-state index is -0.433. The Morgan fingerprint density at radius 1 is 1.53 bits per heavy atom. The number of carbonyl (C=O) groups excluding carboxylic acids is 1. The van der Waals surface area contributed by atoms with Crippen LogP contribution >= 0.6 is 11.8 Å². The zero-order valence-corrected chi connectivity index (χ0v) is 10.1. The number of aliphatic hydroxyl groups is 1. The maximum Gasteiger partial charge on any atom is 0.225 e. The minimum absolute atomic E-state index is 0.128. The molecule has 2 rings (SSSR count). The number of rotatable bonds is 3. The van der Waals surface area contributed by atoms with E-state index < -0.39 is 6.10 Å². The van der Waals surface area contributed by atoms with E-state index in [9.17, 15) is 9.90 Å². The van der Waals surface area contributed by atoms with Crippen LogP contribution in [-0.2, 0) is 4.79 Å². The number of amides is 1.